The topological polar surface area (TPSA) is 12.5 Å². The molecule has 7 aromatic rings. The zero-order chi connectivity index (χ0) is 31.0. The average molecular weight is 634 g/mol. The van der Waals surface area contributed by atoms with Gasteiger partial charge >= 0.3 is 0 Å². The van der Waals surface area contributed by atoms with Crippen molar-refractivity contribution in [2.45, 2.75) is 9.79 Å². The summed E-state index contributed by atoms with van der Waals surface area (Å²) >= 11 is 1.85. The second-order valence-electron chi connectivity index (χ2n) is 12.4. The molecule has 47 heavy (non-hydrogen) atoms. The Kier molecular flexibility index (Phi) is 5.96. The highest BCUT2D eigenvalue weighted by atomic mass is 32.2. The Bertz CT molecular complexity index is 2260. The van der Waals surface area contributed by atoms with E-state index in [0.717, 1.165) is 17.2 Å². The molecule has 0 atom stereocenters. The van der Waals surface area contributed by atoms with Crippen molar-refractivity contribution < 1.29 is 4.74 Å². The normalized spacial score (nSPS) is 14.6. The lowest BCUT2D eigenvalue weighted by Crippen LogP contribution is -2.77. The number of nitrogens with zero attached hydrogens (tertiary/aromatic N) is 1. The fraction of sp³-hybridized carbons (Fsp3) is 0. The van der Waals surface area contributed by atoms with Gasteiger partial charge in [-0.2, -0.15) is 0 Å². The number of hydrogen-bond donors (Lipinski definition) is 0. The third-order valence-corrected chi connectivity index (χ3v) is 16.1. The molecule has 0 spiro atoms. The molecule has 10 rings (SSSR count). The van der Waals surface area contributed by atoms with Gasteiger partial charge in [0.1, 0.15) is 11.5 Å². The third-order valence-electron chi connectivity index (χ3n) is 10.1. The summed E-state index contributed by atoms with van der Waals surface area (Å²) in [5.74, 6) is 1.88. The van der Waals surface area contributed by atoms with Crippen molar-refractivity contribution in [1.29, 1.82) is 0 Å². The van der Waals surface area contributed by atoms with E-state index < -0.39 is 8.07 Å². The average Bonchev–Trinajstić information content (AvgIpc) is 3.14. The quantitative estimate of drug-likeness (QED) is 0.224. The van der Waals surface area contributed by atoms with Crippen LogP contribution in [0, 0.1) is 0 Å². The molecular formula is C42H28BNOSSi. The molecule has 220 valence electrons. The Balaban J connectivity index is 1.21. The van der Waals surface area contributed by atoms with Crippen molar-refractivity contribution in [2.75, 3.05) is 4.90 Å². The van der Waals surface area contributed by atoms with Crippen molar-refractivity contribution in [2.24, 2.45) is 0 Å². The van der Waals surface area contributed by atoms with Crippen LogP contribution >= 0.6 is 11.8 Å². The zero-order valence-electron chi connectivity index (χ0n) is 25.5. The van der Waals surface area contributed by atoms with Crippen molar-refractivity contribution in [3.63, 3.8) is 0 Å². The predicted molar refractivity (Wildman–Crippen MR) is 200 cm³/mol. The summed E-state index contributed by atoms with van der Waals surface area (Å²) in [7, 11) is -2.66. The van der Waals surface area contributed by atoms with E-state index in [2.05, 4.69) is 175 Å². The third kappa shape index (κ3) is 3.81. The Morgan fingerprint density at radius 3 is 1.79 bits per heavy atom. The Labute approximate surface area is 280 Å². The molecule has 3 aliphatic heterocycles. The van der Waals surface area contributed by atoms with Gasteiger partial charge in [-0.1, -0.05) is 145 Å². The summed E-state index contributed by atoms with van der Waals surface area (Å²) in [5, 5.41) is 5.56. The fourth-order valence-electron chi connectivity index (χ4n) is 8.19. The van der Waals surface area contributed by atoms with Gasteiger partial charge < -0.3 is 9.64 Å². The maximum absolute atomic E-state index is 6.79. The van der Waals surface area contributed by atoms with E-state index in [1.165, 1.54) is 58.3 Å². The molecule has 0 saturated carbocycles. The van der Waals surface area contributed by atoms with Gasteiger partial charge in [-0.15, -0.1) is 0 Å². The first kappa shape index (κ1) is 26.9. The molecule has 0 bridgehead atoms. The second-order valence-corrected chi connectivity index (χ2v) is 17.2. The van der Waals surface area contributed by atoms with E-state index in [0.29, 0.717) is 0 Å². The highest BCUT2D eigenvalue weighted by molar-refractivity contribution is 8.00. The molecule has 3 aliphatic rings. The summed E-state index contributed by atoms with van der Waals surface area (Å²) < 4.78 is 6.79. The van der Waals surface area contributed by atoms with Crippen molar-refractivity contribution in [3.05, 3.63) is 170 Å². The molecule has 0 fully saturated rings. The van der Waals surface area contributed by atoms with Gasteiger partial charge in [0.05, 0.1) is 0 Å². The molecule has 0 N–H and O–H groups in total. The van der Waals surface area contributed by atoms with Crippen LogP contribution < -0.4 is 46.8 Å². The maximum Gasteiger partial charge on any atom is 0.253 e. The Morgan fingerprint density at radius 2 is 1.09 bits per heavy atom. The van der Waals surface area contributed by atoms with E-state index in [9.17, 15) is 0 Å². The van der Waals surface area contributed by atoms with Crippen LogP contribution in [0.4, 0.5) is 17.1 Å². The minimum Gasteiger partial charge on any atom is -0.458 e. The van der Waals surface area contributed by atoms with Gasteiger partial charge in [0.15, 0.2) is 8.07 Å². The minimum absolute atomic E-state index is 0.147. The smallest absolute Gasteiger partial charge is 0.253 e. The lowest BCUT2D eigenvalue weighted by Gasteiger charge is -2.45. The Morgan fingerprint density at radius 1 is 0.489 bits per heavy atom. The number of fused-ring (bicyclic) bond motifs is 6. The fourth-order valence-corrected chi connectivity index (χ4v) is 14.5. The zero-order valence-corrected chi connectivity index (χ0v) is 27.3. The van der Waals surface area contributed by atoms with Crippen LogP contribution in [0.25, 0.3) is 0 Å². The van der Waals surface area contributed by atoms with E-state index >= 15 is 0 Å². The molecule has 0 amide bonds. The summed E-state index contributed by atoms with van der Waals surface area (Å²) in [6.45, 7) is 0.147. The van der Waals surface area contributed by atoms with Crippen molar-refractivity contribution in [1.82, 2.24) is 0 Å². The van der Waals surface area contributed by atoms with E-state index in [-0.39, 0.29) is 6.71 Å². The van der Waals surface area contributed by atoms with Crippen LogP contribution in [0.15, 0.2) is 180 Å². The van der Waals surface area contributed by atoms with Crippen LogP contribution in [0.5, 0.6) is 11.5 Å². The van der Waals surface area contributed by atoms with Crippen LogP contribution in [-0.4, -0.2) is 14.8 Å². The molecule has 0 radical (unpaired) electrons. The number of hydrogen-bond acceptors (Lipinski definition) is 3. The molecule has 7 aromatic carbocycles. The molecule has 2 nitrogen and oxygen atoms in total. The summed E-state index contributed by atoms with van der Waals surface area (Å²) in [5.41, 5.74) is 7.41. The minimum atomic E-state index is -2.66. The molecule has 0 aromatic heterocycles. The number of para-hydroxylation sites is 2. The van der Waals surface area contributed by atoms with Gasteiger partial charge in [0.2, 0.25) is 0 Å². The lowest BCUT2D eigenvalue weighted by atomic mass is 9.35. The molecule has 0 unspecified atom stereocenters. The van der Waals surface area contributed by atoms with Gasteiger partial charge in [0.25, 0.3) is 6.71 Å². The van der Waals surface area contributed by atoms with Crippen molar-refractivity contribution >= 4 is 80.7 Å². The van der Waals surface area contributed by atoms with Crippen LogP contribution in [0.3, 0.4) is 0 Å². The Hall–Kier alpha value is -5.23. The standard InChI is InChI=1S/C42H28BNOSSi/c1-3-14-30(15-4-1)47(31-16-5-2-6-17-31)40-24-11-8-19-34(40)44(35-20-9-12-25-41(35)47)29-26-27-32-37(28-29)45-36-21-13-23-39-42(36)43(32)33-18-7-10-22-38(33)46-39/h1-28H. The molecule has 0 aliphatic carbocycles. The molecule has 0 saturated heterocycles. The number of ether oxygens (including phenoxy) is 1. The molecule has 3 heterocycles. The number of rotatable bonds is 3. The number of anilines is 3. The van der Waals surface area contributed by atoms with Crippen LogP contribution in [0.2, 0.25) is 0 Å². The van der Waals surface area contributed by atoms with Gasteiger partial charge in [-0.3, -0.25) is 0 Å². The first-order valence-electron chi connectivity index (χ1n) is 16.1. The van der Waals surface area contributed by atoms with Crippen LogP contribution in [-0.2, 0) is 0 Å². The monoisotopic (exact) mass is 633 g/mol. The van der Waals surface area contributed by atoms with E-state index in [1.54, 1.807) is 0 Å². The largest absolute Gasteiger partial charge is 0.458 e. The van der Waals surface area contributed by atoms with E-state index in [1.807, 2.05) is 11.8 Å². The number of benzene rings is 7. The molecule has 5 heteroatoms. The summed E-state index contributed by atoms with van der Waals surface area (Å²) in [4.78, 5) is 5.06. The summed E-state index contributed by atoms with van der Waals surface area (Å²) in [6.07, 6.45) is 0. The highest BCUT2D eigenvalue weighted by Crippen LogP contribution is 2.41. The lowest BCUT2D eigenvalue weighted by molar-refractivity contribution is 0.486. The summed E-state index contributed by atoms with van der Waals surface area (Å²) in [6, 6.07) is 62.6. The molecular weight excluding hydrogens is 605 g/mol. The van der Waals surface area contributed by atoms with E-state index in [4.69, 9.17) is 4.74 Å². The van der Waals surface area contributed by atoms with Gasteiger partial charge in [0, 0.05) is 32.9 Å². The van der Waals surface area contributed by atoms with Gasteiger partial charge in [-0.05, 0) is 68.1 Å². The van der Waals surface area contributed by atoms with Crippen molar-refractivity contribution in [3.8, 4) is 11.5 Å². The highest BCUT2D eigenvalue weighted by Gasteiger charge is 2.49. The van der Waals surface area contributed by atoms with Crippen LogP contribution in [0.1, 0.15) is 0 Å². The second kappa shape index (κ2) is 10.4. The predicted octanol–water partition coefficient (Wildman–Crippen LogP) is 5.93. The first-order valence-corrected chi connectivity index (χ1v) is 19.0. The maximum atomic E-state index is 6.79. The first-order chi connectivity index (χ1) is 23.3. The van der Waals surface area contributed by atoms with Gasteiger partial charge in [-0.25, -0.2) is 0 Å². The SMILES string of the molecule is c1ccc([Si]2(c3ccccc3)c3ccccc3N(c3ccc4c(c3)Oc3cccc5c3B4c3ccccc3S5)c3ccccc32)cc1.